The van der Waals surface area contributed by atoms with Crippen LogP contribution in [0.25, 0.3) is 10.6 Å². The van der Waals surface area contributed by atoms with E-state index in [0.717, 1.165) is 16.1 Å². The lowest BCUT2D eigenvalue weighted by molar-refractivity contribution is -0.119. The van der Waals surface area contributed by atoms with E-state index in [4.69, 9.17) is 0 Å². The Kier molecular flexibility index (Phi) is 3.65. The predicted molar refractivity (Wildman–Crippen MR) is 94.6 cm³/mol. The van der Waals surface area contributed by atoms with Crippen molar-refractivity contribution in [1.29, 1.82) is 0 Å². The van der Waals surface area contributed by atoms with Gasteiger partial charge in [-0.05, 0) is 23.9 Å². The number of hydrogen-bond acceptors (Lipinski definition) is 5. The number of carbonyl (C=O) groups is 2. The predicted octanol–water partition coefficient (Wildman–Crippen LogP) is 2.25. The molecule has 9 heteroatoms. The van der Waals surface area contributed by atoms with Crippen LogP contribution in [0.1, 0.15) is 23.0 Å². The average Bonchev–Trinajstić information content (AvgIpc) is 3.30. The number of H-pyrrole nitrogens is 1. The van der Waals surface area contributed by atoms with E-state index in [1.165, 1.54) is 0 Å². The molecule has 0 unspecified atom stereocenters. The van der Waals surface area contributed by atoms with Crippen LogP contribution in [0.3, 0.4) is 0 Å². The molecule has 4 rings (SSSR count). The Bertz CT molecular complexity index is 956. The molecule has 25 heavy (non-hydrogen) atoms. The molecule has 1 aliphatic heterocycles. The van der Waals surface area contributed by atoms with E-state index in [2.05, 4.69) is 25.9 Å². The van der Waals surface area contributed by atoms with Crippen LogP contribution in [0.2, 0.25) is 0 Å². The minimum Gasteiger partial charge on any atom is -0.310 e. The maximum Gasteiger partial charge on any atom is 0.277 e. The molecule has 128 valence electrons. The lowest BCUT2D eigenvalue weighted by Crippen LogP contribution is -2.28. The van der Waals surface area contributed by atoms with Gasteiger partial charge >= 0.3 is 0 Å². The van der Waals surface area contributed by atoms with Gasteiger partial charge in [0.2, 0.25) is 5.91 Å². The summed E-state index contributed by atoms with van der Waals surface area (Å²) in [6.45, 7) is 1.85. The van der Waals surface area contributed by atoms with Gasteiger partial charge < -0.3 is 10.6 Å². The first-order valence-electron chi connectivity index (χ1n) is 7.80. The largest absolute Gasteiger partial charge is 0.310 e. The zero-order valence-electron chi connectivity index (χ0n) is 13.7. The third-order valence-electron chi connectivity index (χ3n) is 4.17. The third-order valence-corrected chi connectivity index (χ3v) is 5.08. The zero-order valence-corrected chi connectivity index (χ0v) is 14.5. The molecule has 0 radical (unpaired) electrons. The van der Waals surface area contributed by atoms with Crippen molar-refractivity contribution in [2.75, 3.05) is 10.6 Å². The van der Waals surface area contributed by atoms with E-state index in [9.17, 15) is 9.59 Å². The molecule has 1 aliphatic rings. The first kappa shape index (κ1) is 15.6. The van der Waals surface area contributed by atoms with Crippen LogP contribution in [0.5, 0.6) is 0 Å². The van der Waals surface area contributed by atoms with Gasteiger partial charge in [-0.1, -0.05) is 13.0 Å². The first-order chi connectivity index (χ1) is 12.0. The van der Waals surface area contributed by atoms with Crippen molar-refractivity contribution in [2.45, 2.75) is 13.3 Å². The van der Waals surface area contributed by atoms with Crippen molar-refractivity contribution in [3.63, 3.8) is 0 Å². The van der Waals surface area contributed by atoms with Crippen molar-refractivity contribution >= 4 is 34.8 Å². The Balaban J connectivity index is 1.58. The van der Waals surface area contributed by atoms with Crippen LogP contribution < -0.4 is 10.6 Å². The van der Waals surface area contributed by atoms with Gasteiger partial charge in [-0.3, -0.25) is 19.4 Å². The minimum atomic E-state index is -0.343. The molecule has 3 aromatic heterocycles. The fourth-order valence-corrected chi connectivity index (χ4v) is 3.52. The molecule has 8 nitrogen and oxygen atoms in total. The number of amides is 2. The fraction of sp³-hybridized carbons (Fsp3) is 0.250. The normalized spacial score (nSPS) is 16.4. The maximum atomic E-state index is 12.5. The van der Waals surface area contributed by atoms with Crippen LogP contribution in [0.4, 0.5) is 11.6 Å². The molecule has 0 spiro atoms. The summed E-state index contributed by atoms with van der Waals surface area (Å²) in [5.74, 6) is 0.531. The quantitative estimate of drug-likeness (QED) is 0.669. The van der Waals surface area contributed by atoms with E-state index in [1.54, 1.807) is 29.1 Å². The molecule has 2 amide bonds. The van der Waals surface area contributed by atoms with Crippen molar-refractivity contribution in [3.05, 3.63) is 34.8 Å². The Morgan fingerprint density at radius 2 is 2.32 bits per heavy atom. The van der Waals surface area contributed by atoms with Crippen LogP contribution in [0, 0.1) is 5.92 Å². The number of fused-ring (bicyclic) bond motifs is 1. The molecular formula is C16H16N6O2S. The summed E-state index contributed by atoms with van der Waals surface area (Å²) in [6, 6.07) is 5.61. The van der Waals surface area contributed by atoms with Gasteiger partial charge in [0.05, 0.1) is 10.6 Å². The molecule has 0 aromatic carbocycles. The highest BCUT2D eigenvalue weighted by Gasteiger charge is 2.29. The molecular weight excluding hydrogens is 340 g/mol. The smallest absolute Gasteiger partial charge is 0.277 e. The molecule has 0 aliphatic carbocycles. The van der Waals surface area contributed by atoms with E-state index < -0.39 is 0 Å². The number of thiophene rings is 1. The Labute approximate surface area is 147 Å². The highest BCUT2D eigenvalue weighted by Crippen LogP contribution is 2.31. The molecule has 0 fully saturated rings. The Morgan fingerprint density at radius 1 is 1.48 bits per heavy atom. The minimum absolute atomic E-state index is 0.0405. The van der Waals surface area contributed by atoms with Crippen molar-refractivity contribution < 1.29 is 9.59 Å². The summed E-state index contributed by atoms with van der Waals surface area (Å²) < 4.78 is 1.57. The number of rotatable bonds is 3. The van der Waals surface area contributed by atoms with Crippen LogP contribution in [-0.4, -0.2) is 31.8 Å². The van der Waals surface area contributed by atoms with Gasteiger partial charge in [0.1, 0.15) is 5.82 Å². The number of nitrogens with one attached hydrogen (secondary N) is 3. The Morgan fingerprint density at radius 3 is 3.08 bits per heavy atom. The molecule has 4 heterocycles. The lowest BCUT2D eigenvalue weighted by Gasteiger charge is -2.19. The number of carbonyl (C=O) groups excluding carboxylic acids is 2. The molecule has 0 saturated heterocycles. The number of hydrogen-bond donors (Lipinski definition) is 3. The second-order valence-electron chi connectivity index (χ2n) is 5.99. The topological polar surface area (TPSA) is 105 Å². The van der Waals surface area contributed by atoms with Gasteiger partial charge in [0, 0.05) is 18.5 Å². The number of anilines is 2. The van der Waals surface area contributed by atoms with Crippen LogP contribution in [-0.2, 0) is 18.3 Å². The Hall–Kier alpha value is -2.94. The monoisotopic (exact) mass is 356 g/mol. The second-order valence-corrected chi connectivity index (χ2v) is 6.94. The van der Waals surface area contributed by atoms with Gasteiger partial charge in [-0.25, -0.2) is 0 Å². The van der Waals surface area contributed by atoms with Crippen LogP contribution in [0.15, 0.2) is 23.6 Å². The zero-order chi connectivity index (χ0) is 17.6. The summed E-state index contributed by atoms with van der Waals surface area (Å²) in [4.78, 5) is 25.3. The average molecular weight is 356 g/mol. The van der Waals surface area contributed by atoms with Crippen molar-refractivity contribution in [2.24, 2.45) is 13.0 Å². The first-order valence-corrected chi connectivity index (χ1v) is 8.68. The van der Waals surface area contributed by atoms with Gasteiger partial charge in [0.15, 0.2) is 11.5 Å². The number of aromatic nitrogens is 4. The summed E-state index contributed by atoms with van der Waals surface area (Å²) in [7, 11) is 1.73. The summed E-state index contributed by atoms with van der Waals surface area (Å²) >= 11 is 1.57. The van der Waals surface area contributed by atoms with Gasteiger partial charge in [-0.15, -0.1) is 11.3 Å². The molecule has 3 aromatic rings. The van der Waals surface area contributed by atoms with E-state index >= 15 is 0 Å². The fourth-order valence-electron chi connectivity index (χ4n) is 2.82. The molecule has 0 bridgehead atoms. The van der Waals surface area contributed by atoms with Crippen LogP contribution >= 0.6 is 11.3 Å². The molecule has 0 saturated carbocycles. The highest BCUT2D eigenvalue weighted by atomic mass is 32.1. The number of aromatic amines is 1. The number of nitrogens with zero attached hydrogens (tertiary/aromatic N) is 3. The summed E-state index contributed by atoms with van der Waals surface area (Å²) in [5, 5.41) is 18.9. The van der Waals surface area contributed by atoms with Crippen molar-refractivity contribution in [3.8, 4) is 10.6 Å². The number of aryl methyl sites for hydroxylation is 1. The standard InChI is InChI=1S/C16H16N6O2S/c1-8-6-9-13(21-22(2)14(9)18-15(8)23)17-16(24)11-7-10(19-20-11)12-4-3-5-25-12/h3-5,7-8H,6H2,1-2H3,(H,18,23)(H,19,20)(H,17,21,24)/t8-/m1/s1. The summed E-state index contributed by atoms with van der Waals surface area (Å²) in [6.07, 6.45) is 0.533. The second kappa shape index (κ2) is 5.85. The van der Waals surface area contributed by atoms with E-state index in [1.807, 2.05) is 24.4 Å². The SMILES string of the molecule is C[C@@H]1Cc2c(NC(=O)c3cc(-c4cccs4)[nH]n3)nn(C)c2NC1=O. The molecule has 3 N–H and O–H groups in total. The highest BCUT2D eigenvalue weighted by molar-refractivity contribution is 7.13. The van der Waals surface area contributed by atoms with Gasteiger partial charge in [0.25, 0.3) is 5.91 Å². The molecule has 1 atom stereocenters. The van der Waals surface area contributed by atoms with E-state index in [-0.39, 0.29) is 23.4 Å². The third kappa shape index (κ3) is 2.72. The lowest BCUT2D eigenvalue weighted by atomic mass is 9.98. The van der Waals surface area contributed by atoms with E-state index in [0.29, 0.717) is 18.1 Å². The van der Waals surface area contributed by atoms with Crippen molar-refractivity contribution in [1.82, 2.24) is 20.0 Å². The summed E-state index contributed by atoms with van der Waals surface area (Å²) in [5.41, 5.74) is 1.91. The maximum absolute atomic E-state index is 12.5. The van der Waals surface area contributed by atoms with Gasteiger partial charge in [-0.2, -0.15) is 10.2 Å².